The fourth-order valence-electron chi connectivity index (χ4n) is 2.79. The third-order valence-corrected chi connectivity index (χ3v) is 3.87. The Labute approximate surface area is 127 Å². The van der Waals surface area contributed by atoms with Crippen molar-refractivity contribution >= 4 is 12.0 Å². The smallest absolute Gasteiger partial charge is 0.410 e. The van der Waals surface area contributed by atoms with Crippen LogP contribution in [0.1, 0.15) is 12.0 Å². The van der Waals surface area contributed by atoms with Crippen LogP contribution in [0.4, 0.5) is 4.79 Å². The van der Waals surface area contributed by atoms with Crippen LogP contribution in [0.5, 0.6) is 0 Å². The number of carbonyl (C=O) groups is 2. The minimum Gasteiger partial charge on any atom is -0.445 e. The van der Waals surface area contributed by atoms with Crippen LogP contribution in [0.25, 0.3) is 0 Å². The second-order valence-electron chi connectivity index (χ2n) is 5.40. The Balaban J connectivity index is 1.66. The van der Waals surface area contributed by atoms with Gasteiger partial charge < -0.3 is 19.9 Å². The zero-order valence-electron chi connectivity index (χ0n) is 12.1. The third kappa shape index (κ3) is 2.90. The van der Waals surface area contributed by atoms with Crippen LogP contribution >= 0.6 is 0 Å². The van der Waals surface area contributed by atoms with Gasteiger partial charge in [0.05, 0.1) is 19.8 Å². The summed E-state index contributed by atoms with van der Waals surface area (Å²) in [4.78, 5) is 25.1. The van der Waals surface area contributed by atoms with Crippen LogP contribution in [0, 0.1) is 0 Å². The molecule has 2 N–H and O–H groups in total. The van der Waals surface area contributed by atoms with E-state index in [0.717, 1.165) is 5.56 Å². The minimum atomic E-state index is -0.925. The largest absolute Gasteiger partial charge is 0.445 e. The van der Waals surface area contributed by atoms with E-state index in [1.165, 1.54) is 4.90 Å². The molecule has 0 aliphatic carbocycles. The van der Waals surface area contributed by atoms with Gasteiger partial charge in [0.2, 0.25) is 5.91 Å². The van der Waals surface area contributed by atoms with Gasteiger partial charge in [0.15, 0.2) is 5.79 Å². The summed E-state index contributed by atoms with van der Waals surface area (Å²) < 4.78 is 16.4. The predicted octanol–water partition coefficient (Wildman–Crippen LogP) is 0.626. The second kappa shape index (κ2) is 5.94. The lowest BCUT2D eigenvalue weighted by molar-refractivity contribution is -0.146. The lowest BCUT2D eigenvalue weighted by Gasteiger charge is -2.22. The van der Waals surface area contributed by atoms with E-state index in [9.17, 15) is 9.59 Å². The summed E-state index contributed by atoms with van der Waals surface area (Å²) in [6.07, 6.45) is -0.355. The molecule has 2 heterocycles. The monoisotopic (exact) mass is 306 g/mol. The van der Waals surface area contributed by atoms with Crippen molar-refractivity contribution in [3.63, 3.8) is 0 Å². The topological polar surface area (TPSA) is 91.1 Å². The summed E-state index contributed by atoms with van der Waals surface area (Å²) in [7, 11) is 0. The first-order chi connectivity index (χ1) is 10.6. The molecule has 2 aliphatic heterocycles. The molecule has 1 aromatic rings. The highest BCUT2D eigenvalue weighted by Crippen LogP contribution is 2.35. The fourth-order valence-corrected chi connectivity index (χ4v) is 2.79. The number of ether oxygens (including phenoxy) is 3. The average molecular weight is 306 g/mol. The number of primary amides is 1. The minimum absolute atomic E-state index is 0.135. The van der Waals surface area contributed by atoms with Gasteiger partial charge in [-0.25, -0.2) is 4.79 Å². The molecular weight excluding hydrogens is 288 g/mol. The second-order valence-corrected chi connectivity index (χ2v) is 5.40. The van der Waals surface area contributed by atoms with Crippen molar-refractivity contribution in [1.29, 1.82) is 0 Å². The van der Waals surface area contributed by atoms with E-state index in [-0.39, 0.29) is 19.6 Å². The molecule has 0 aromatic heterocycles. The van der Waals surface area contributed by atoms with Crippen LogP contribution in [-0.4, -0.2) is 48.5 Å². The summed E-state index contributed by atoms with van der Waals surface area (Å²) in [5.41, 5.74) is 6.25. The highest BCUT2D eigenvalue weighted by atomic mass is 16.7. The maximum Gasteiger partial charge on any atom is 0.410 e. The molecule has 3 rings (SSSR count). The van der Waals surface area contributed by atoms with Crippen LogP contribution in [0.15, 0.2) is 30.3 Å². The van der Waals surface area contributed by atoms with Gasteiger partial charge in [-0.05, 0) is 5.56 Å². The Bertz CT molecular complexity index is 556. The number of nitrogens with two attached hydrogens (primary N) is 1. The van der Waals surface area contributed by atoms with Crippen molar-refractivity contribution in [3.8, 4) is 0 Å². The highest BCUT2D eigenvalue weighted by molar-refractivity contribution is 5.85. The van der Waals surface area contributed by atoms with Crippen molar-refractivity contribution in [1.82, 2.24) is 4.90 Å². The van der Waals surface area contributed by atoms with Crippen molar-refractivity contribution in [2.45, 2.75) is 24.9 Å². The first-order valence-corrected chi connectivity index (χ1v) is 7.14. The zero-order chi connectivity index (χ0) is 15.6. The Morgan fingerprint density at radius 3 is 2.59 bits per heavy atom. The van der Waals surface area contributed by atoms with E-state index in [2.05, 4.69) is 0 Å². The van der Waals surface area contributed by atoms with Crippen molar-refractivity contribution in [3.05, 3.63) is 35.9 Å². The molecule has 118 valence electrons. The van der Waals surface area contributed by atoms with E-state index >= 15 is 0 Å². The highest BCUT2D eigenvalue weighted by Gasteiger charge is 2.52. The number of carbonyl (C=O) groups excluding carboxylic acids is 2. The number of benzene rings is 1. The lowest BCUT2D eigenvalue weighted by Crippen LogP contribution is -2.44. The van der Waals surface area contributed by atoms with E-state index in [1.54, 1.807) is 0 Å². The number of rotatable bonds is 3. The quantitative estimate of drug-likeness (QED) is 0.884. The Morgan fingerprint density at radius 2 is 1.95 bits per heavy atom. The van der Waals surface area contributed by atoms with Crippen LogP contribution in [0.2, 0.25) is 0 Å². The predicted molar refractivity (Wildman–Crippen MR) is 75.6 cm³/mol. The first-order valence-electron chi connectivity index (χ1n) is 7.14. The molecule has 2 aliphatic rings. The van der Waals surface area contributed by atoms with E-state index in [0.29, 0.717) is 13.2 Å². The number of amides is 2. The molecule has 7 nitrogen and oxygen atoms in total. The molecule has 1 atom stereocenters. The zero-order valence-corrected chi connectivity index (χ0v) is 12.1. The Morgan fingerprint density at radius 1 is 1.27 bits per heavy atom. The molecule has 0 radical (unpaired) electrons. The van der Waals surface area contributed by atoms with Crippen molar-refractivity contribution in [2.24, 2.45) is 5.73 Å². The summed E-state index contributed by atoms with van der Waals surface area (Å²) in [5.74, 6) is -1.52. The molecule has 0 unspecified atom stereocenters. The van der Waals surface area contributed by atoms with Crippen molar-refractivity contribution < 1.29 is 23.8 Å². The summed E-state index contributed by atoms with van der Waals surface area (Å²) >= 11 is 0. The Kier molecular flexibility index (Phi) is 4.00. The molecule has 1 aromatic carbocycles. The van der Waals surface area contributed by atoms with Gasteiger partial charge in [-0.2, -0.15) is 0 Å². The first kappa shape index (κ1) is 14.8. The maximum absolute atomic E-state index is 12.3. The van der Waals surface area contributed by atoms with Gasteiger partial charge in [-0.15, -0.1) is 0 Å². The molecule has 0 saturated carbocycles. The number of nitrogens with zero attached hydrogens (tertiary/aromatic N) is 1. The molecule has 1 spiro atoms. The van der Waals surface area contributed by atoms with Gasteiger partial charge in [-0.3, -0.25) is 9.69 Å². The van der Waals surface area contributed by atoms with Gasteiger partial charge >= 0.3 is 6.09 Å². The van der Waals surface area contributed by atoms with Gasteiger partial charge in [0.1, 0.15) is 12.6 Å². The lowest BCUT2D eigenvalue weighted by atomic mass is 10.1. The molecule has 0 bridgehead atoms. The van der Waals surface area contributed by atoms with E-state index in [1.807, 2.05) is 30.3 Å². The molecule has 2 saturated heterocycles. The molecule has 22 heavy (non-hydrogen) atoms. The third-order valence-electron chi connectivity index (χ3n) is 3.87. The van der Waals surface area contributed by atoms with Crippen LogP contribution < -0.4 is 5.73 Å². The maximum atomic E-state index is 12.3. The standard InChI is InChI=1S/C15H18N2O5/c16-13(18)12-8-15(21-6-7-22-15)10-17(12)14(19)20-9-11-4-2-1-3-5-11/h1-5,12H,6-10H2,(H2,16,18)/t12-/m0/s1. The van der Waals surface area contributed by atoms with Gasteiger partial charge in [0.25, 0.3) is 0 Å². The summed E-state index contributed by atoms with van der Waals surface area (Å²) in [6.45, 7) is 1.17. The molecule has 2 fully saturated rings. The van der Waals surface area contributed by atoms with Gasteiger partial charge in [0, 0.05) is 6.42 Å². The SMILES string of the molecule is NC(=O)[C@@H]1CC2(CN1C(=O)OCc1ccccc1)OCCO2. The number of hydrogen-bond donors (Lipinski definition) is 1. The molecule has 2 amide bonds. The summed E-state index contributed by atoms with van der Waals surface area (Å²) in [6, 6.07) is 8.54. The van der Waals surface area contributed by atoms with E-state index < -0.39 is 23.8 Å². The van der Waals surface area contributed by atoms with Crippen LogP contribution in [0.3, 0.4) is 0 Å². The van der Waals surface area contributed by atoms with Crippen molar-refractivity contribution in [2.75, 3.05) is 19.8 Å². The molecule has 7 heteroatoms. The average Bonchev–Trinajstić information content (AvgIpc) is 3.14. The molecular formula is C15H18N2O5. The Hall–Kier alpha value is -2.12. The van der Waals surface area contributed by atoms with Gasteiger partial charge in [-0.1, -0.05) is 30.3 Å². The van der Waals surface area contributed by atoms with E-state index in [4.69, 9.17) is 19.9 Å². The number of hydrogen-bond acceptors (Lipinski definition) is 5. The van der Waals surface area contributed by atoms with Crippen LogP contribution in [-0.2, 0) is 25.6 Å². The summed E-state index contributed by atoms with van der Waals surface area (Å²) in [5, 5.41) is 0. The fraction of sp³-hybridized carbons (Fsp3) is 0.467. The number of likely N-dealkylation sites (tertiary alicyclic amines) is 1. The normalized spacial score (nSPS) is 22.9.